The summed E-state index contributed by atoms with van der Waals surface area (Å²) in [6.07, 6.45) is 6.11. The molecule has 0 bridgehead atoms. The van der Waals surface area contributed by atoms with E-state index < -0.39 is 0 Å². The second-order valence-electron chi connectivity index (χ2n) is 6.28. The Bertz CT molecular complexity index is 917. The molecule has 0 saturated heterocycles. The molecule has 26 heavy (non-hydrogen) atoms. The van der Waals surface area contributed by atoms with E-state index in [1.165, 1.54) is 0 Å². The molecule has 0 unspecified atom stereocenters. The van der Waals surface area contributed by atoms with Crippen LogP contribution in [-0.2, 0) is 0 Å². The molecular formula is C21H24N2O3. The third-order valence-electron chi connectivity index (χ3n) is 4.28. The molecule has 2 heterocycles. The van der Waals surface area contributed by atoms with E-state index in [1.807, 2.05) is 41.1 Å². The highest BCUT2D eigenvalue weighted by Gasteiger charge is 2.14. The normalized spacial score (nSPS) is 11.5. The first-order valence-corrected chi connectivity index (χ1v) is 8.54. The van der Waals surface area contributed by atoms with Gasteiger partial charge in [-0.1, -0.05) is 32.1 Å². The highest BCUT2D eigenvalue weighted by molar-refractivity contribution is 5.81. The summed E-state index contributed by atoms with van der Waals surface area (Å²) in [6.45, 7) is 4.30. The van der Waals surface area contributed by atoms with Gasteiger partial charge in [0.1, 0.15) is 0 Å². The van der Waals surface area contributed by atoms with Gasteiger partial charge in [0.2, 0.25) is 5.75 Å². The summed E-state index contributed by atoms with van der Waals surface area (Å²) in [7, 11) is 4.84. The van der Waals surface area contributed by atoms with E-state index in [0.717, 1.165) is 22.3 Å². The number of fused-ring (bicyclic) bond motifs is 1. The average Bonchev–Trinajstić information content (AvgIpc) is 3.04. The van der Waals surface area contributed by atoms with Crippen LogP contribution in [0.3, 0.4) is 0 Å². The van der Waals surface area contributed by atoms with Gasteiger partial charge >= 0.3 is 0 Å². The highest BCUT2D eigenvalue weighted by Crippen LogP contribution is 2.38. The number of methoxy groups -OCH3 is 3. The third-order valence-corrected chi connectivity index (χ3v) is 4.28. The number of hydrogen-bond donors (Lipinski definition) is 0. The molecule has 136 valence electrons. The summed E-state index contributed by atoms with van der Waals surface area (Å²) in [6, 6.07) is 9.94. The molecule has 3 aromatic rings. The van der Waals surface area contributed by atoms with Crippen LogP contribution in [0.2, 0.25) is 0 Å². The minimum atomic E-state index is 0.328. The number of hydrogen-bond acceptors (Lipinski definition) is 4. The standard InChI is InChI=1S/C21H24N2O3/c1-14(2)20-16(17-8-6-7-11-23(17)22-20)10-9-15-12-18(24-3)21(26-5)19(13-15)25-4/h6-14H,1-5H3. The number of ether oxygens (including phenoxy) is 3. The molecule has 3 rings (SSSR count). The number of aromatic nitrogens is 2. The Balaban J connectivity index is 2.08. The van der Waals surface area contributed by atoms with Gasteiger partial charge in [-0.15, -0.1) is 0 Å². The monoisotopic (exact) mass is 352 g/mol. The topological polar surface area (TPSA) is 45.0 Å². The predicted octanol–water partition coefficient (Wildman–Crippen LogP) is 4.65. The van der Waals surface area contributed by atoms with Crippen LogP contribution in [0.15, 0.2) is 36.5 Å². The Morgan fingerprint density at radius 2 is 1.65 bits per heavy atom. The Morgan fingerprint density at radius 1 is 0.962 bits per heavy atom. The van der Waals surface area contributed by atoms with Crippen LogP contribution in [0.4, 0.5) is 0 Å². The van der Waals surface area contributed by atoms with Crippen molar-refractivity contribution in [2.24, 2.45) is 0 Å². The van der Waals surface area contributed by atoms with Crippen molar-refractivity contribution in [3.8, 4) is 17.2 Å². The molecular weight excluding hydrogens is 328 g/mol. The van der Waals surface area contributed by atoms with Crippen LogP contribution >= 0.6 is 0 Å². The molecule has 5 heteroatoms. The first kappa shape index (κ1) is 17.9. The predicted molar refractivity (Wildman–Crippen MR) is 104 cm³/mol. The zero-order valence-corrected chi connectivity index (χ0v) is 15.8. The Hall–Kier alpha value is -2.95. The second kappa shape index (κ2) is 7.52. The van der Waals surface area contributed by atoms with Crippen molar-refractivity contribution in [3.05, 3.63) is 53.3 Å². The van der Waals surface area contributed by atoms with Crippen molar-refractivity contribution in [3.63, 3.8) is 0 Å². The van der Waals surface area contributed by atoms with Crippen LogP contribution in [0.5, 0.6) is 17.2 Å². The maximum Gasteiger partial charge on any atom is 0.203 e. The minimum absolute atomic E-state index is 0.328. The lowest BCUT2D eigenvalue weighted by atomic mass is 10.0. The summed E-state index contributed by atoms with van der Waals surface area (Å²) in [5, 5.41) is 4.72. The maximum atomic E-state index is 5.43. The largest absolute Gasteiger partial charge is 0.493 e. The second-order valence-corrected chi connectivity index (χ2v) is 6.28. The van der Waals surface area contributed by atoms with Crippen molar-refractivity contribution < 1.29 is 14.2 Å². The fraction of sp³-hybridized carbons (Fsp3) is 0.286. The van der Waals surface area contributed by atoms with Gasteiger partial charge in [-0.05, 0) is 35.7 Å². The lowest BCUT2D eigenvalue weighted by Crippen LogP contribution is -1.95. The molecule has 2 aromatic heterocycles. The van der Waals surface area contributed by atoms with Crippen LogP contribution in [-0.4, -0.2) is 30.9 Å². The highest BCUT2D eigenvalue weighted by atomic mass is 16.5. The summed E-state index contributed by atoms with van der Waals surface area (Å²) in [5.74, 6) is 2.19. The Kier molecular flexibility index (Phi) is 5.16. The summed E-state index contributed by atoms with van der Waals surface area (Å²) in [5.41, 5.74) is 4.23. The lowest BCUT2D eigenvalue weighted by Gasteiger charge is -2.12. The molecule has 0 spiro atoms. The smallest absolute Gasteiger partial charge is 0.203 e. The number of rotatable bonds is 6. The molecule has 1 aromatic carbocycles. The molecule has 5 nitrogen and oxygen atoms in total. The minimum Gasteiger partial charge on any atom is -0.493 e. The van der Waals surface area contributed by atoms with Gasteiger partial charge in [0.25, 0.3) is 0 Å². The van der Waals surface area contributed by atoms with Gasteiger partial charge in [-0.2, -0.15) is 5.10 Å². The van der Waals surface area contributed by atoms with Crippen LogP contribution < -0.4 is 14.2 Å². The summed E-state index contributed by atoms with van der Waals surface area (Å²) in [4.78, 5) is 0. The SMILES string of the molecule is COc1cc(C=Cc2c(C(C)C)nn3ccccc23)cc(OC)c1OC. The lowest BCUT2D eigenvalue weighted by molar-refractivity contribution is 0.324. The average molecular weight is 352 g/mol. The molecule has 0 fully saturated rings. The molecule has 0 aliphatic carbocycles. The van der Waals surface area contributed by atoms with Gasteiger partial charge in [-0.3, -0.25) is 0 Å². The van der Waals surface area contributed by atoms with Gasteiger partial charge in [0.15, 0.2) is 11.5 Å². The summed E-state index contributed by atoms with van der Waals surface area (Å²) >= 11 is 0. The Morgan fingerprint density at radius 3 is 2.23 bits per heavy atom. The molecule has 0 atom stereocenters. The van der Waals surface area contributed by atoms with E-state index in [1.54, 1.807) is 21.3 Å². The van der Waals surface area contributed by atoms with Crippen molar-refractivity contribution in [1.82, 2.24) is 9.61 Å². The van der Waals surface area contributed by atoms with E-state index in [9.17, 15) is 0 Å². The van der Waals surface area contributed by atoms with Crippen LogP contribution in [0, 0.1) is 0 Å². The van der Waals surface area contributed by atoms with Gasteiger partial charge < -0.3 is 14.2 Å². The number of nitrogens with zero attached hydrogens (tertiary/aromatic N) is 2. The van der Waals surface area contributed by atoms with Crippen molar-refractivity contribution in [2.75, 3.05) is 21.3 Å². The maximum absolute atomic E-state index is 5.43. The Labute approximate surface area is 153 Å². The zero-order valence-electron chi connectivity index (χ0n) is 15.8. The third kappa shape index (κ3) is 3.25. The molecule has 0 aliphatic heterocycles. The quantitative estimate of drug-likeness (QED) is 0.647. The van der Waals surface area contributed by atoms with Gasteiger partial charge in [-0.25, -0.2) is 4.52 Å². The first-order valence-electron chi connectivity index (χ1n) is 8.54. The van der Waals surface area contributed by atoms with E-state index in [2.05, 4.69) is 26.0 Å². The van der Waals surface area contributed by atoms with E-state index in [-0.39, 0.29) is 0 Å². The van der Waals surface area contributed by atoms with E-state index in [0.29, 0.717) is 23.2 Å². The fourth-order valence-electron chi connectivity index (χ4n) is 3.01. The first-order chi connectivity index (χ1) is 12.6. The summed E-state index contributed by atoms with van der Waals surface area (Å²) < 4.78 is 18.2. The van der Waals surface area contributed by atoms with Crippen LogP contribution in [0.1, 0.15) is 36.6 Å². The number of benzene rings is 1. The molecule has 0 saturated carbocycles. The van der Waals surface area contributed by atoms with E-state index >= 15 is 0 Å². The van der Waals surface area contributed by atoms with Gasteiger partial charge in [0.05, 0.1) is 32.5 Å². The zero-order chi connectivity index (χ0) is 18.7. The van der Waals surface area contributed by atoms with Crippen LogP contribution in [0.25, 0.3) is 17.7 Å². The molecule has 0 N–H and O–H groups in total. The van der Waals surface area contributed by atoms with Crippen molar-refractivity contribution in [2.45, 2.75) is 19.8 Å². The van der Waals surface area contributed by atoms with Gasteiger partial charge in [0, 0.05) is 11.8 Å². The van der Waals surface area contributed by atoms with E-state index in [4.69, 9.17) is 19.3 Å². The number of pyridine rings is 1. The molecule has 0 amide bonds. The van der Waals surface area contributed by atoms with Crippen molar-refractivity contribution in [1.29, 1.82) is 0 Å². The molecule has 0 aliphatic rings. The fourth-order valence-corrected chi connectivity index (χ4v) is 3.01. The molecule has 0 radical (unpaired) electrons. The van der Waals surface area contributed by atoms with Crippen molar-refractivity contribution >= 4 is 17.7 Å².